The van der Waals surface area contributed by atoms with Crippen molar-refractivity contribution in [2.45, 2.75) is 20.0 Å². The van der Waals surface area contributed by atoms with Crippen LogP contribution in [0, 0.1) is 5.92 Å². The Morgan fingerprint density at radius 3 is 2.26 bits per heavy atom. The van der Waals surface area contributed by atoms with Crippen molar-refractivity contribution in [2.75, 3.05) is 7.11 Å². The van der Waals surface area contributed by atoms with E-state index in [1.54, 1.807) is 19.2 Å². The third kappa shape index (κ3) is 4.09. The lowest BCUT2D eigenvalue weighted by Gasteiger charge is -2.22. The molecule has 0 radical (unpaired) electrons. The van der Waals surface area contributed by atoms with Crippen molar-refractivity contribution in [1.29, 1.82) is 0 Å². The van der Waals surface area contributed by atoms with E-state index in [4.69, 9.17) is 15.3 Å². The van der Waals surface area contributed by atoms with Crippen LogP contribution in [0.3, 0.4) is 0 Å². The van der Waals surface area contributed by atoms with Gasteiger partial charge in [-0.2, -0.15) is 0 Å². The van der Waals surface area contributed by atoms with E-state index in [9.17, 15) is 4.79 Å². The molecule has 7 heteroatoms. The van der Waals surface area contributed by atoms with Gasteiger partial charge in [0.2, 0.25) is 0 Å². The van der Waals surface area contributed by atoms with E-state index in [1.165, 1.54) is 0 Å². The second-order valence-electron chi connectivity index (χ2n) is 4.21. The fraction of sp³-hybridized carbons (Fsp3) is 0.417. The van der Waals surface area contributed by atoms with Crippen LogP contribution in [-0.4, -0.2) is 19.1 Å². The molecule has 19 heavy (non-hydrogen) atoms. The second kappa shape index (κ2) is 7.12. The molecule has 0 aliphatic heterocycles. The summed E-state index contributed by atoms with van der Waals surface area (Å²) in [5.74, 6) is 5.98. The molecular formula is C12H16Br2N2O3. The minimum absolute atomic E-state index is 0.0173. The molecule has 0 aliphatic carbocycles. The molecule has 5 nitrogen and oxygen atoms in total. The average Bonchev–Trinajstić information content (AvgIpc) is 2.37. The maximum Gasteiger partial charge on any atom is 0.275 e. The van der Waals surface area contributed by atoms with Gasteiger partial charge in [-0.25, -0.2) is 5.84 Å². The average molecular weight is 396 g/mol. The van der Waals surface area contributed by atoms with Gasteiger partial charge in [0.1, 0.15) is 11.5 Å². The van der Waals surface area contributed by atoms with Crippen molar-refractivity contribution in [1.82, 2.24) is 5.43 Å². The van der Waals surface area contributed by atoms with Gasteiger partial charge in [0, 0.05) is 0 Å². The number of methoxy groups -OCH3 is 1. The van der Waals surface area contributed by atoms with E-state index in [0.29, 0.717) is 16.0 Å². The number of hydrazine groups is 1. The summed E-state index contributed by atoms with van der Waals surface area (Å²) in [6, 6.07) is 3.50. The number of carbonyl (C=O) groups excluding carboxylic acids is 1. The number of amides is 1. The third-order valence-corrected chi connectivity index (χ3v) is 3.71. The summed E-state index contributed by atoms with van der Waals surface area (Å²) in [5.41, 5.74) is 2.11. The highest BCUT2D eigenvalue weighted by Gasteiger charge is 2.24. The highest BCUT2D eigenvalue weighted by molar-refractivity contribution is 9.11. The summed E-state index contributed by atoms with van der Waals surface area (Å²) in [7, 11) is 1.58. The molecule has 0 fully saturated rings. The normalized spacial score (nSPS) is 12.2. The number of carbonyl (C=O) groups is 1. The first-order valence-electron chi connectivity index (χ1n) is 5.60. The second-order valence-corrected chi connectivity index (χ2v) is 5.92. The molecule has 0 bridgehead atoms. The van der Waals surface area contributed by atoms with Crippen LogP contribution in [0.5, 0.6) is 11.5 Å². The van der Waals surface area contributed by atoms with Crippen molar-refractivity contribution in [3.05, 3.63) is 21.1 Å². The van der Waals surface area contributed by atoms with E-state index in [1.807, 2.05) is 13.8 Å². The van der Waals surface area contributed by atoms with Gasteiger partial charge in [0.25, 0.3) is 5.91 Å². The predicted octanol–water partition coefficient (Wildman–Crippen LogP) is 2.61. The topological polar surface area (TPSA) is 73.6 Å². The Bertz CT molecular complexity index is 467. The van der Waals surface area contributed by atoms with Gasteiger partial charge in [-0.1, -0.05) is 13.8 Å². The molecule has 0 heterocycles. The lowest BCUT2D eigenvalue weighted by Crippen LogP contribution is -2.44. The van der Waals surface area contributed by atoms with Crippen molar-refractivity contribution in [3.8, 4) is 11.5 Å². The van der Waals surface area contributed by atoms with Gasteiger partial charge in [0.05, 0.1) is 16.1 Å². The van der Waals surface area contributed by atoms with Crippen molar-refractivity contribution >= 4 is 37.8 Å². The maximum atomic E-state index is 11.7. The monoisotopic (exact) mass is 394 g/mol. The summed E-state index contributed by atoms with van der Waals surface area (Å²) in [6.07, 6.45) is -0.665. The molecule has 0 saturated heterocycles. The van der Waals surface area contributed by atoms with Crippen LogP contribution < -0.4 is 20.7 Å². The number of hydrogen-bond donors (Lipinski definition) is 2. The largest absolute Gasteiger partial charge is 0.496 e. The van der Waals surface area contributed by atoms with Crippen molar-refractivity contribution < 1.29 is 14.3 Å². The number of nitrogens with one attached hydrogen (secondary N) is 1. The van der Waals surface area contributed by atoms with Crippen LogP contribution in [0.1, 0.15) is 13.8 Å². The molecule has 1 atom stereocenters. The SMILES string of the molecule is COc1cc(Br)c(OC(C(=O)NN)C(C)C)cc1Br. The molecule has 0 aromatic heterocycles. The molecule has 0 saturated carbocycles. The lowest BCUT2D eigenvalue weighted by atomic mass is 10.1. The maximum absolute atomic E-state index is 11.7. The van der Waals surface area contributed by atoms with E-state index >= 15 is 0 Å². The predicted molar refractivity (Wildman–Crippen MR) is 80.0 cm³/mol. The molecular weight excluding hydrogens is 380 g/mol. The molecule has 0 spiro atoms. The first-order chi connectivity index (χ1) is 8.90. The van der Waals surface area contributed by atoms with E-state index in [2.05, 4.69) is 37.3 Å². The third-order valence-electron chi connectivity index (χ3n) is 2.47. The zero-order valence-corrected chi connectivity index (χ0v) is 14.0. The standard InChI is InChI=1S/C12H16Br2N2O3/c1-6(2)11(12(17)16-15)19-10-5-7(13)9(18-3)4-8(10)14/h4-6,11H,15H2,1-3H3,(H,16,17). The Kier molecular flexibility index (Phi) is 6.09. The number of ether oxygens (including phenoxy) is 2. The molecule has 3 N–H and O–H groups in total. The van der Waals surface area contributed by atoms with Gasteiger partial charge in [-0.3, -0.25) is 10.2 Å². The molecule has 1 rings (SSSR count). The zero-order chi connectivity index (χ0) is 14.6. The highest BCUT2D eigenvalue weighted by atomic mass is 79.9. The van der Waals surface area contributed by atoms with Crippen LogP contribution in [-0.2, 0) is 4.79 Å². The fourth-order valence-electron chi connectivity index (χ4n) is 1.47. The quantitative estimate of drug-likeness (QED) is 0.456. The molecule has 106 valence electrons. The summed E-state index contributed by atoms with van der Waals surface area (Å²) in [4.78, 5) is 11.7. The Balaban J connectivity index is 3.03. The first kappa shape index (κ1) is 16.3. The number of nitrogens with two attached hydrogens (primary N) is 1. The molecule has 1 aromatic rings. The minimum atomic E-state index is -0.665. The van der Waals surface area contributed by atoms with E-state index < -0.39 is 6.10 Å². The number of benzene rings is 1. The smallest absolute Gasteiger partial charge is 0.275 e. The van der Waals surface area contributed by atoms with Gasteiger partial charge in [-0.05, 0) is 49.9 Å². The summed E-state index contributed by atoms with van der Waals surface area (Å²) in [6.45, 7) is 3.76. The van der Waals surface area contributed by atoms with Crippen LogP contribution in [0.4, 0.5) is 0 Å². The summed E-state index contributed by atoms with van der Waals surface area (Å²) >= 11 is 6.75. The highest BCUT2D eigenvalue weighted by Crippen LogP contribution is 2.36. The van der Waals surface area contributed by atoms with E-state index in [0.717, 1.165) is 4.47 Å². The lowest BCUT2D eigenvalue weighted by molar-refractivity contribution is -0.129. The van der Waals surface area contributed by atoms with Crippen LogP contribution in [0.15, 0.2) is 21.1 Å². The zero-order valence-electron chi connectivity index (χ0n) is 10.9. The Labute approximate surface area is 129 Å². The summed E-state index contributed by atoms with van der Waals surface area (Å²) < 4.78 is 12.3. The van der Waals surface area contributed by atoms with Gasteiger partial charge >= 0.3 is 0 Å². The minimum Gasteiger partial charge on any atom is -0.496 e. The number of rotatable bonds is 5. The molecule has 1 unspecified atom stereocenters. The van der Waals surface area contributed by atoms with Crippen molar-refractivity contribution in [3.63, 3.8) is 0 Å². The van der Waals surface area contributed by atoms with Crippen LogP contribution >= 0.6 is 31.9 Å². The van der Waals surface area contributed by atoms with Crippen LogP contribution in [0.2, 0.25) is 0 Å². The summed E-state index contributed by atoms with van der Waals surface area (Å²) in [5, 5.41) is 0. The number of halogens is 2. The van der Waals surface area contributed by atoms with Crippen molar-refractivity contribution in [2.24, 2.45) is 11.8 Å². The number of hydrogen-bond acceptors (Lipinski definition) is 4. The Morgan fingerprint density at radius 1 is 1.26 bits per heavy atom. The molecule has 1 amide bonds. The molecule has 0 aliphatic rings. The fourth-order valence-corrected chi connectivity index (χ4v) is 2.37. The van der Waals surface area contributed by atoms with E-state index in [-0.39, 0.29) is 11.8 Å². The first-order valence-corrected chi connectivity index (χ1v) is 7.19. The van der Waals surface area contributed by atoms with Gasteiger partial charge < -0.3 is 9.47 Å². The van der Waals surface area contributed by atoms with Gasteiger partial charge in [0.15, 0.2) is 6.10 Å². The van der Waals surface area contributed by atoms with Gasteiger partial charge in [-0.15, -0.1) is 0 Å². The molecule has 1 aromatic carbocycles. The van der Waals surface area contributed by atoms with Crippen LogP contribution in [0.25, 0.3) is 0 Å². The Hall–Kier alpha value is -0.790. The Morgan fingerprint density at radius 2 is 1.79 bits per heavy atom.